The van der Waals surface area contributed by atoms with E-state index in [9.17, 15) is 4.79 Å². The summed E-state index contributed by atoms with van der Waals surface area (Å²) in [7, 11) is 0. The zero-order valence-electron chi connectivity index (χ0n) is 37.0. The van der Waals surface area contributed by atoms with Crippen LogP contribution in [-0.2, 0) is 5.41 Å². The standard InChI is InChI=1S/C64H41NO2/c1-38-15-6-7-19-44(38)60-39(2)16-14-23-45(60)42-28-30-46-49-31-27-41(37-59(49)67-63(66)53(46)36-42)40-29-34-58-52(35-40)50-32-33-57-61(62(50)65(58)43-17-4-3-5-18-43)51-22-10-13-26-56(51)64(57)54-24-11-8-20-47(54)48-21-9-12-25-55(48)64/h3-37H,1-2H3. The Morgan fingerprint density at radius 1 is 0.388 bits per heavy atom. The van der Waals surface area contributed by atoms with Gasteiger partial charge in [0.1, 0.15) is 5.58 Å². The van der Waals surface area contributed by atoms with Crippen LogP contribution in [0.4, 0.5) is 0 Å². The molecule has 10 aromatic carbocycles. The van der Waals surface area contributed by atoms with Crippen LogP contribution in [0.15, 0.2) is 222 Å². The van der Waals surface area contributed by atoms with Gasteiger partial charge in [0, 0.05) is 27.4 Å². The predicted molar refractivity (Wildman–Crippen MR) is 276 cm³/mol. The first-order chi connectivity index (χ1) is 33.0. The van der Waals surface area contributed by atoms with E-state index in [0.717, 1.165) is 44.2 Å². The van der Waals surface area contributed by atoms with Crippen molar-refractivity contribution >= 4 is 43.5 Å². The Labute approximate surface area is 387 Å². The average Bonchev–Trinajstić information content (AvgIpc) is 3.98. The van der Waals surface area contributed by atoms with E-state index in [2.05, 4.69) is 219 Å². The Kier molecular flexibility index (Phi) is 7.89. The minimum absolute atomic E-state index is 0.340. The van der Waals surface area contributed by atoms with Gasteiger partial charge in [0.05, 0.1) is 21.8 Å². The normalized spacial score (nSPS) is 13.1. The van der Waals surface area contributed by atoms with Gasteiger partial charge in [-0.05, 0) is 145 Å². The molecule has 14 rings (SSSR count). The molecular formula is C64H41NO2. The fourth-order valence-electron chi connectivity index (χ4n) is 12.1. The van der Waals surface area contributed by atoms with Crippen LogP contribution in [0.3, 0.4) is 0 Å². The molecule has 0 fully saturated rings. The van der Waals surface area contributed by atoms with Crippen molar-refractivity contribution in [3.8, 4) is 61.3 Å². The third-order valence-corrected chi connectivity index (χ3v) is 14.9. The Hall–Kier alpha value is -8.53. The van der Waals surface area contributed by atoms with E-state index in [1.54, 1.807) is 0 Å². The van der Waals surface area contributed by atoms with E-state index in [1.807, 2.05) is 12.1 Å². The van der Waals surface area contributed by atoms with Crippen molar-refractivity contribution in [3.63, 3.8) is 0 Å². The molecule has 314 valence electrons. The molecule has 2 aliphatic carbocycles. The first kappa shape index (κ1) is 37.8. The summed E-state index contributed by atoms with van der Waals surface area (Å²) in [4.78, 5) is 14.0. The summed E-state index contributed by atoms with van der Waals surface area (Å²) in [6, 6.07) is 76.8. The zero-order chi connectivity index (χ0) is 44.5. The Bertz CT molecular complexity index is 4100. The van der Waals surface area contributed by atoms with Gasteiger partial charge in [0.15, 0.2) is 0 Å². The molecule has 0 bridgehead atoms. The van der Waals surface area contributed by atoms with Gasteiger partial charge in [-0.2, -0.15) is 0 Å². The first-order valence-electron chi connectivity index (χ1n) is 23.1. The summed E-state index contributed by atoms with van der Waals surface area (Å²) < 4.78 is 8.69. The van der Waals surface area contributed by atoms with Crippen molar-refractivity contribution < 1.29 is 4.42 Å². The molecule has 0 saturated heterocycles. The van der Waals surface area contributed by atoms with Crippen LogP contribution in [0, 0.1) is 13.8 Å². The quantitative estimate of drug-likeness (QED) is 0.131. The van der Waals surface area contributed by atoms with E-state index in [-0.39, 0.29) is 5.63 Å². The number of aryl methyl sites for hydroxylation is 2. The van der Waals surface area contributed by atoms with Crippen LogP contribution in [0.1, 0.15) is 33.4 Å². The molecule has 0 saturated carbocycles. The monoisotopic (exact) mass is 855 g/mol. The van der Waals surface area contributed by atoms with Crippen molar-refractivity contribution in [2.75, 3.05) is 0 Å². The topological polar surface area (TPSA) is 35.1 Å². The summed E-state index contributed by atoms with van der Waals surface area (Å²) in [5, 5.41) is 4.73. The van der Waals surface area contributed by atoms with E-state index in [4.69, 9.17) is 4.42 Å². The molecule has 0 N–H and O–H groups in total. The molecule has 3 heteroatoms. The molecule has 0 radical (unpaired) electrons. The molecule has 2 aliphatic rings. The number of rotatable bonds is 4. The van der Waals surface area contributed by atoms with Gasteiger partial charge in [-0.3, -0.25) is 0 Å². The third kappa shape index (κ3) is 5.14. The first-order valence-corrected chi connectivity index (χ1v) is 23.1. The molecule has 67 heavy (non-hydrogen) atoms. The number of para-hydroxylation sites is 1. The highest BCUT2D eigenvalue weighted by molar-refractivity contribution is 6.17. The van der Waals surface area contributed by atoms with Gasteiger partial charge >= 0.3 is 5.63 Å². The van der Waals surface area contributed by atoms with Gasteiger partial charge in [-0.1, -0.05) is 170 Å². The van der Waals surface area contributed by atoms with Crippen molar-refractivity contribution in [2.24, 2.45) is 0 Å². The van der Waals surface area contributed by atoms with E-state index < -0.39 is 5.41 Å². The highest BCUT2D eigenvalue weighted by Crippen LogP contribution is 2.64. The maximum absolute atomic E-state index is 14.0. The second kappa shape index (κ2) is 14.0. The maximum atomic E-state index is 14.0. The van der Waals surface area contributed by atoms with Crippen LogP contribution in [-0.4, -0.2) is 4.57 Å². The molecule has 0 aliphatic heterocycles. The summed E-state index contributed by atoms with van der Waals surface area (Å²) in [5.74, 6) is 0. The van der Waals surface area contributed by atoms with Gasteiger partial charge in [-0.25, -0.2) is 4.79 Å². The minimum Gasteiger partial charge on any atom is -0.422 e. The number of hydrogen-bond acceptors (Lipinski definition) is 2. The number of benzene rings is 10. The molecule has 0 atom stereocenters. The molecule has 2 aromatic heterocycles. The van der Waals surface area contributed by atoms with E-state index >= 15 is 0 Å². The SMILES string of the molecule is Cc1ccccc1-c1c(C)cccc1-c1ccc2c(c1)c(=O)oc1cc(-c3ccc4c(c3)c3ccc5c(c3n4-c3ccccc3)-c3ccccc3C53c4ccccc4-c4ccccc43)ccc12. The fourth-order valence-corrected chi connectivity index (χ4v) is 12.1. The average molecular weight is 856 g/mol. The van der Waals surface area contributed by atoms with Crippen LogP contribution >= 0.6 is 0 Å². The third-order valence-electron chi connectivity index (χ3n) is 14.9. The van der Waals surface area contributed by atoms with Crippen LogP contribution in [0.25, 0.3) is 105 Å². The molecule has 12 aromatic rings. The number of fused-ring (bicyclic) bond motifs is 17. The predicted octanol–water partition coefficient (Wildman–Crippen LogP) is 16.0. The smallest absolute Gasteiger partial charge is 0.344 e. The van der Waals surface area contributed by atoms with Gasteiger partial charge in [0.2, 0.25) is 0 Å². The summed E-state index contributed by atoms with van der Waals surface area (Å²) in [6.45, 7) is 4.30. The summed E-state index contributed by atoms with van der Waals surface area (Å²) in [5.41, 5.74) is 22.6. The molecule has 0 amide bonds. The number of aromatic nitrogens is 1. The van der Waals surface area contributed by atoms with Crippen molar-refractivity contribution in [1.82, 2.24) is 4.57 Å². The van der Waals surface area contributed by atoms with Crippen LogP contribution < -0.4 is 5.63 Å². The summed E-state index contributed by atoms with van der Waals surface area (Å²) >= 11 is 0. The lowest BCUT2D eigenvalue weighted by atomic mass is 9.70. The summed E-state index contributed by atoms with van der Waals surface area (Å²) in [6.07, 6.45) is 0. The minimum atomic E-state index is -0.442. The number of hydrogen-bond donors (Lipinski definition) is 0. The van der Waals surface area contributed by atoms with E-state index in [0.29, 0.717) is 11.0 Å². The van der Waals surface area contributed by atoms with Crippen LogP contribution in [0.5, 0.6) is 0 Å². The zero-order valence-corrected chi connectivity index (χ0v) is 37.0. The van der Waals surface area contributed by atoms with Crippen molar-refractivity contribution in [1.29, 1.82) is 0 Å². The highest BCUT2D eigenvalue weighted by atomic mass is 16.4. The second-order valence-corrected chi connectivity index (χ2v) is 18.3. The Morgan fingerprint density at radius 2 is 0.955 bits per heavy atom. The van der Waals surface area contributed by atoms with Crippen molar-refractivity contribution in [2.45, 2.75) is 19.3 Å². The Balaban J connectivity index is 0.950. The maximum Gasteiger partial charge on any atom is 0.344 e. The fraction of sp³-hybridized carbons (Fsp3) is 0.0469. The molecule has 3 nitrogen and oxygen atoms in total. The van der Waals surface area contributed by atoms with Crippen molar-refractivity contribution in [3.05, 3.63) is 256 Å². The Morgan fingerprint density at radius 3 is 1.72 bits per heavy atom. The molecular weight excluding hydrogens is 815 g/mol. The lowest BCUT2D eigenvalue weighted by Gasteiger charge is -2.30. The molecule has 2 heterocycles. The van der Waals surface area contributed by atoms with Gasteiger partial charge in [0.25, 0.3) is 0 Å². The van der Waals surface area contributed by atoms with Crippen LogP contribution in [0.2, 0.25) is 0 Å². The molecule has 1 spiro atoms. The van der Waals surface area contributed by atoms with Gasteiger partial charge in [-0.15, -0.1) is 0 Å². The largest absolute Gasteiger partial charge is 0.422 e. The highest BCUT2D eigenvalue weighted by Gasteiger charge is 2.52. The van der Waals surface area contributed by atoms with Gasteiger partial charge < -0.3 is 8.98 Å². The second-order valence-electron chi connectivity index (χ2n) is 18.3. The lowest BCUT2D eigenvalue weighted by Crippen LogP contribution is -2.25. The van der Waals surface area contributed by atoms with E-state index in [1.165, 1.54) is 83.1 Å². The lowest BCUT2D eigenvalue weighted by molar-refractivity contribution is 0.570. The number of nitrogens with zero attached hydrogens (tertiary/aromatic N) is 1. The molecule has 0 unspecified atom stereocenters.